The predicted octanol–water partition coefficient (Wildman–Crippen LogP) is 5.27. The number of pyridine rings is 1. The number of fused-ring (bicyclic) bond motifs is 1. The summed E-state index contributed by atoms with van der Waals surface area (Å²) >= 11 is 7.42. The van der Waals surface area contributed by atoms with Crippen LogP contribution in [0.25, 0.3) is 10.9 Å². The van der Waals surface area contributed by atoms with Gasteiger partial charge < -0.3 is 4.90 Å². The SMILES string of the molecule is CCN(C(=O)c1cc2ccccc2n(C(=O)Cc2cccs2)c1=O)c1ccc(Cl)cc1. The van der Waals surface area contributed by atoms with Crippen molar-refractivity contribution in [2.75, 3.05) is 11.4 Å². The first-order chi connectivity index (χ1) is 15.0. The average Bonchev–Trinajstić information content (AvgIpc) is 3.28. The number of benzene rings is 2. The summed E-state index contributed by atoms with van der Waals surface area (Å²) in [7, 11) is 0. The van der Waals surface area contributed by atoms with Crippen molar-refractivity contribution in [3.05, 3.63) is 97.9 Å². The predicted molar refractivity (Wildman–Crippen MR) is 126 cm³/mol. The normalized spacial score (nSPS) is 10.9. The van der Waals surface area contributed by atoms with Crippen LogP contribution in [0.3, 0.4) is 0 Å². The number of aromatic nitrogens is 1. The Balaban J connectivity index is 1.83. The summed E-state index contributed by atoms with van der Waals surface area (Å²) in [5, 5.41) is 3.09. The second kappa shape index (κ2) is 8.88. The molecule has 0 bridgehead atoms. The van der Waals surface area contributed by atoms with E-state index in [1.165, 1.54) is 16.2 Å². The first-order valence-electron chi connectivity index (χ1n) is 9.77. The molecule has 0 unspecified atom stereocenters. The van der Waals surface area contributed by atoms with Crippen molar-refractivity contribution in [3.8, 4) is 0 Å². The molecule has 0 radical (unpaired) electrons. The molecule has 0 fully saturated rings. The van der Waals surface area contributed by atoms with Crippen LogP contribution < -0.4 is 10.5 Å². The van der Waals surface area contributed by atoms with Gasteiger partial charge in [-0.1, -0.05) is 35.9 Å². The van der Waals surface area contributed by atoms with E-state index in [1.807, 2.05) is 30.5 Å². The number of thiophene rings is 1. The van der Waals surface area contributed by atoms with E-state index in [0.29, 0.717) is 28.2 Å². The van der Waals surface area contributed by atoms with Crippen molar-refractivity contribution in [2.24, 2.45) is 0 Å². The molecule has 2 aromatic carbocycles. The Labute approximate surface area is 188 Å². The van der Waals surface area contributed by atoms with Crippen molar-refractivity contribution in [1.82, 2.24) is 4.57 Å². The third-order valence-electron chi connectivity index (χ3n) is 5.00. The number of amides is 1. The van der Waals surface area contributed by atoms with Gasteiger partial charge in [-0.05, 0) is 60.2 Å². The molecule has 4 rings (SSSR count). The zero-order valence-corrected chi connectivity index (χ0v) is 18.3. The zero-order valence-electron chi connectivity index (χ0n) is 16.7. The van der Waals surface area contributed by atoms with Crippen LogP contribution in [0.5, 0.6) is 0 Å². The molecule has 0 aliphatic heterocycles. The Hall–Kier alpha value is -3.22. The number of hydrogen-bond acceptors (Lipinski definition) is 4. The van der Waals surface area contributed by atoms with Gasteiger partial charge in [0.2, 0.25) is 5.91 Å². The molecule has 2 heterocycles. The molecule has 7 heteroatoms. The summed E-state index contributed by atoms with van der Waals surface area (Å²) in [6.07, 6.45) is 0.0912. The molecule has 156 valence electrons. The Morgan fingerprint density at radius 3 is 2.45 bits per heavy atom. The molecule has 1 amide bonds. The molecule has 5 nitrogen and oxygen atoms in total. The maximum absolute atomic E-state index is 13.4. The van der Waals surface area contributed by atoms with E-state index in [1.54, 1.807) is 48.5 Å². The summed E-state index contributed by atoms with van der Waals surface area (Å²) in [4.78, 5) is 42.2. The van der Waals surface area contributed by atoms with Crippen molar-refractivity contribution in [2.45, 2.75) is 13.3 Å². The highest BCUT2D eigenvalue weighted by molar-refractivity contribution is 7.10. The number of hydrogen-bond donors (Lipinski definition) is 0. The molecule has 0 saturated carbocycles. The van der Waals surface area contributed by atoms with Crippen LogP contribution in [-0.4, -0.2) is 22.9 Å². The first-order valence-corrected chi connectivity index (χ1v) is 11.0. The fraction of sp³-hybridized carbons (Fsp3) is 0.125. The van der Waals surface area contributed by atoms with Gasteiger partial charge in [-0.2, -0.15) is 0 Å². The quantitative estimate of drug-likeness (QED) is 0.416. The van der Waals surface area contributed by atoms with E-state index in [9.17, 15) is 14.4 Å². The number of rotatable bonds is 5. The van der Waals surface area contributed by atoms with Gasteiger partial charge in [0, 0.05) is 22.1 Å². The van der Waals surface area contributed by atoms with Crippen LogP contribution in [-0.2, 0) is 6.42 Å². The second-order valence-corrected chi connectivity index (χ2v) is 8.40. The van der Waals surface area contributed by atoms with E-state index in [-0.39, 0.29) is 17.9 Å². The maximum Gasteiger partial charge on any atom is 0.270 e. The summed E-state index contributed by atoms with van der Waals surface area (Å²) in [5.74, 6) is -0.828. The first kappa shape index (κ1) is 21.0. The van der Waals surface area contributed by atoms with Gasteiger partial charge in [0.25, 0.3) is 11.5 Å². The molecular weight excluding hydrogens is 432 g/mol. The van der Waals surface area contributed by atoms with Gasteiger partial charge in [-0.15, -0.1) is 11.3 Å². The fourth-order valence-electron chi connectivity index (χ4n) is 3.51. The van der Waals surface area contributed by atoms with Crippen molar-refractivity contribution >= 4 is 51.3 Å². The van der Waals surface area contributed by atoms with Gasteiger partial charge >= 0.3 is 0 Å². The van der Waals surface area contributed by atoms with E-state index in [2.05, 4.69) is 0 Å². The zero-order chi connectivity index (χ0) is 22.0. The summed E-state index contributed by atoms with van der Waals surface area (Å²) < 4.78 is 1.12. The van der Waals surface area contributed by atoms with E-state index in [0.717, 1.165) is 9.44 Å². The van der Waals surface area contributed by atoms with Crippen LogP contribution in [0.4, 0.5) is 5.69 Å². The van der Waals surface area contributed by atoms with Gasteiger partial charge in [0.05, 0.1) is 11.9 Å². The van der Waals surface area contributed by atoms with Crippen LogP contribution in [0, 0.1) is 0 Å². The van der Waals surface area contributed by atoms with Gasteiger partial charge in [0.1, 0.15) is 5.56 Å². The number of anilines is 1. The van der Waals surface area contributed by atoms with E-state index in [4.69, 9.17) is 11.6 Å². The monoisotopic (exact) mass is 450 g/mol. The van der Waals surface area contributed by atoms with Crippen molar-refractivity contribution < 1.29 is 9.59 Å². The highest BCUT2D eigenvalue weighted by Gasteiger charge is 2.24. The molecule has 0 saturated heterocycles. The Kier molecular flexibility index (Phi) is 6.02. The summed E-state index contributed by atoms with van der Waals surface area (Å²) in [5.41, 5.74) is 0.453. The lowest BCUT2D eigenvalue weighted by Gasteiger charge is -2.21. The van der Waals surface area contributed by atoms with Crippen molar-refractivity contribution in [1.29, 1.82) is 0 Å². The minimum absolute atomic E-state index is 0.0463. The topological polar surface area (TPSA) is 59.4 Å². The molecule has 31 heavy (non-hydrogen) atoms. The van der Waals surface area contributed by atoms with Crippen LogP contribution in [0.15, 0.2) is 76.9 Å². The lowest BCUT2D eigenvalue weighted by Crippen LogP contribution is -2.38. The van der Waals surface area contributed by atoms with Crippen molar-refractivity contribution in [3.63, 3.8) is 0 Å². The maximum atomic E-state index is 13.4. The van der Waals surface area contributed by atoms with Crippen LogP contribution in [0.2, 0.25) is 5.02 Å². The number of carbonyl (C=O) groups is 2. The number of para-hydroxylation sites is 1. The smallest absolute Gasteiger partial charge is 0.270 e. The van der Waals surface area contributed by atoms with Gasteiger partial charge in [-0.3, -0.25) is 14.4 Å². The largest absolute Gasteiger partial charge is 0.308 e. The molecule has 0 atom stereocenters. The highest BCUT2D eigenvalue weighted by atomic mass is 35.5. The van der Waals surface area contributed by atoms with E-state index < -0.39 is 11.5 Å². The van der Waals surface area contributed by atoms with Crippen LogP contribution in [0.1, 0.15) is 27.0 Å². The number of nitrogens with zero attached hydrogens (tertiary/aromatic N) is 2. The molecule has 0 aliphatic carbocycles. The highest BCUT2D eigenvalue weighted by Crippen LogP contribution is 2.21. The summed E-state index contributed by atoms with van der Waals surface area (Å²) in [6, 6.07) is 19.2. The number of halogens is 1. The van der Waals surface area contributed by atoms with E-state index >= 15 is 0 Å². The minimum atomic E-state index is -0.613. The second-order valence-electron chi connectivity index (χ2n) is 6.93. The lowest BCUT2D eigenvalue weighted by atomic mass is 10.1. The molecule has 0 N–H and O–H groups in total. The van der Waals surface area contributed by atoms with Gasteiger partial charge in [0.15, 0.2) is 0 Å². The molecule has 4 aromatic rings. The third kappa shape index (κ3) is 4.17. The third-order valence-corrected chi connectivity index (χ3v) is 6.12. The summed E-state index contributed by atoms with van der Waals surface area (Å²) in [6.45, 7) is 2.18. The Morgan fingerprint density at radius 2 is 1.77 bits per heavy atom. The Morgan fingerprint density at radius 1 is 1.03 bits per heavy atom. The molecular formula is C24H19ClN2O3S. The fourth-order valence-corrected chi connectivity index (χ4v) is 4.33. The standard InChI is InChI=1S/C24H19ClN2O3S/c1-2-26(18-11-9-17(25)10-12-18)23(29)20-14-16-6-3-4-8-21(16)27(24(20)30)22(28)15-19-7-5-13-31-19/h3-14H,2,15H2,1H3. The molecule has 0 spiro atoms. The van der Waals surface area contributed by atoms with Gasteiger partial charge in [-0.25, -0.2) is 4.57 Å². The number of carbonyl (C=O) groups excluding carboxylic acids is 2. The Bertz CT molecular complexity index is 1310. The molecule has 0 aliphatic rings. The minimum Gasteiger partial charge on any atom is -0.308 e. The lowest BCUT2D eigenvalue weighted by molar-refractivity contribution is 0.0915. The average molecular weight is 451 g/mol. The van der Waals surface area contributed by atoms with Crippen LogP contribution >= 0.6 is 22.9 Å². The molecule has 2 aromatic heterocycles.